The van der Waals surface area contributed by atoms with Crippen molar-refractivity contribution in [1.82, 2.24) is 14.9 Å². The van der Waals surface area contributed by atoms with Crippen molar-refractivity contribution in [2.24, 2.45) is 0 Å². The van der Waals surface area contributed by atoms with Crippen LogP contribution in [0.2, 0.25) is 0 Å². The number of carbonyl (C=O) groups is 1. The van der Waals surface area contributed by atoms with Gasteiger partial charge in [0.1, 0.15) is 5.82 Å². The fraction of sp³-hybridized carbons (Fsp3) is 0.227. The Balaban J connectivity index is 1.45. The second-order valence-corrected chi connectivity index (χ2v) is 7.72. The molecule has 0 unspecified atom stereocenters. The van der Waals surface area contributed by atoms with Gasteiger partial charge in [0, 0.05) is 42.4 Å². The highest BCUT2D eigenvalue weighted by molar-refractivity contribution is 9.10. The molecule has 28 heavy (non-hydrogen) atoms. The van der Waals surface area contributed by atoms with Crippen LogP contribution in [0.4, 0.5) is 5.82 Å². The van der Waals surface area contributed by atoms with Crippen molar-refractivity contribution in [2.45, 2.75) is 6.92 Å². The van der Waals surface area contributed by atoms with Gasteiger partial charge in [-0.15, -0.1) is 0 Å². The Kier molecular flexibility index (Phi) is 5.39. The van der Waals surface area contributed by atoms with Crippen LogP contribution in [0.5, 0.6) is 0 Å². The summed E-state index contributed by atoms with van der Waals surface area (Å²) in [5.74, 6) is 1.69. The maximum atomic E-state index is 12.8. The lowest BCUT2D eigenvalue weighted by molar-refractivity contribution is 0.0745. The van der Waals surface area contributed by atoms with Crippen molar-refractivity contribution < 1.29 is 4.79 Å². The molecule has 1 amide bonds. The Hall–Kier alpha value is -2.73. The number of rotatable bonds is 3. The number of hydrogen-bond acceptors (Lipinski definition) is 4. The van der Waals surface area contributed by atoms with E-state index in [2.05, 4.69) is 44.9 Å². The van der Waals surface area contributed by atoms with Crippen LogP contribution >= 0.6 is 15.9 Å². The summed E-state index contributed by atoms with van der Waals surface area (Å²) in [6, 6.07) is 17.7. The lowest BCUT2D eigenvalue weighted by atomic mass is 10.1. The third-order valence-electron chi connectivity index (χ3n) is 4.95. The number of halogens is 1. The van der Waals surface area contributed by atoms with E-state index in [1.807, 2.05) is 47.4 Å². The molecular weight excluding hydrogens is 416 g/mol. The van der Waals surface area contributed by atoms with E-state index < -0.39 is 0 Å². The van der Waals surface area contributed by atoms with Gasteiger partial charge in [0.05, 0.1) is 5.56 Å². The van der Waals surface area contributed by atoms with E-state index in [4.69, 9.17) is 4.98 Å². The minimum absolute atomic E-state index is 0.0650. The van der Waals surface area contributed by atoms with Crippen molar-refractivity contribution >= 4 is 27.7 Å². The summed E-state index contributed by atoms with van der Waals surface area (Å²) < 4.78 is 0.834. The van der Waals surface area contributed by atoms with Crippen LogP contribution in [0.15, 0.2) is 65.3 Å². The second kappa shape index (κ2) is 8.10. The summed E-state index contributed by atoms with van der Waals surface area (Å²) in [6.45, 7) is 4.91. The van der Waals surface area contributed by atoms with E-state index in [0.29, 0.717) is 18.7 Å². The van der Waals surface area contributed by atoms with Crippen molar-refractivity contribution in [3.63, 3.8) is 0 Å². The number of piperazine rings is 1. The molecule has 2 heterocycles. The van der Waals surface area contributed by atoms with Gasteiger partial charge in [0.2, 0.25) is 0 Å². The van der Waals surface area contributed by atoms with Gasteiger partial charge >= 0.3 is 0 Å². The van der Waals surface area contributed by atoms with Gasteiger partial charge in [-0.1, -0.05) is 42.0 Å². The molecule has 6 heteroatoms. The van der Waals surface area contributed by atoms with E-state index >= 15 is 0 Å². The van der Waals surface area contributed by atoms with Gasteiger partial charge in [-0.25, -0.2) is 9.97 Å². The van der Waals surface area contributed by atoms with Crippen LogP contribution in [-0.4, -0.2) is 47.0 Å². The second-order valence-electron chi connectivity index (χ2n) is 6.86. The number of anilines is 1. The van der Waals surface area contributed by atoms with Gasteiger partial charge in [-0.3, -0.25) is 4.79 Å². The number of carbonyl (C=O) groups excluding carboxylic acids is 1. The monoisotopic (exact) mass is 436 g/mol. The smallest absolute Gasteiger partial charge is 0.255 e. The molecule has 0 N–H and O–H groups in total. The predicted molar refractivity (Wildman–Crippen MR) is 114 cm³/mol. The zero-order valence-electron chi connectivity index (χ0n) is 15.7. The van der Waals surface area contributed by atoms with Crippen molar-refractivity contribution in [1.29, 1.82) is 0 Å². The fourth-order valence-corrected chi connectivity index (χ4v) is 3.77. The van der Waals surface area contributed by atoms with Crippen molar-refractivity contribution in [3.05, 3.63) is 76.4 Å². The molecule has 142 valence electrons. The molecule has 5 nitrogen and oxygen atoms in total. The van der Waals surface area contributed by atoms with Gasteiger partial charge in [-0.05, 0) is 41.1 Å². The quantitative estimate of drug-likeness (QED) is 0.617. The molecule has 0 bridgehead atoms. The summed E-state index contributed by atoms with van der Waals surface area (Å²) in [5.41, 5.74) is 2.93. The number of amides is 1. The molecule has 0 spiro atoms. The zero-order valence-corrected chi connectivity index (χ0v) is 17.3. The van der Waals surface area contributed by atoms with Crippen molar-refractivity contribution in [3.8, 4) is 11.4 Å². The highest BCUT2D eigenvalue weighted by atomic mass is 79.9. The predicted octanol–water partition coefficient (Wildman–Crippen LogP) is 4.18. The van der Waals surface area contributed by atoms with Crippen LogP contribution in [0.25, 0.3) is 11.4 Å². The molecule has 1 aliphatic rings. The van der Waals surface area contributed by atoms with Crippen LogP contribution in [0, 0.1) is 6.92 Å². The van der Waals surface area contributed by atoms with Gasteiger partial charge in [-0.2, -0.15) is 0 Å². The number of hydrogen-bond donors (Lipinski definition) is 0. The van der Waals surface area contributed by atoms with E-state index in [9.17, 15) is 4.79 Å². The highest BCUT2D eigenvalue weighted by Gasteiger charge is 2.24. The minimum Gasteiger partial charge on any atom is -0.353 e. The first-order chi connectivity index (χ1) is 13.6. The summed E-state index contributed by atoms with van der Waals surface area (Å²) in [4.78, 5) is 26.1. The van der Waals surface area contributed by atoms with Crippen LogP contribution in [-0.2, 0) is 0 Å². The lowest BCUT2D eigenvalue weighted by Crippen LogP contribution is -2.49. The molecule has 1 saturated heterocycles. The average molecular weight is 437 g/mol. The molecule has 4 rings (SSSR count). The molecule has 0 radical (unpaired) electrons. The van der Waals surface area contributed by atoms with E-state index in [1.165, 1.54) is 5.56 Å². The molecule has 1 aliphatic heterocycles. The Labute approximate surface area is 173 Å². The van der Waals surface area contributed by atoms with Gasteiger partial charge in [0.15, 0.2) is 5.82 Å². The summed E-state index contributed by atoms with van der Waals surface area (Å²) >= 11 is 3.47. The third kappa shape index (κ3) is 3.92. The molecular formula is C22H21BrN4O. The van der Waals surface area contributed by atoms with Gasteiger partial charge < -0.3 is 9.80 Å². The van der Waals surface area contributed by atoms with Crippen LogP contribution < -0.4 is 4.90 Å². The molecule has 2 aromatic carbocycles. The number of nitrogens with zero attached hydrogens (tertiary/aromatic N) is 4. The average Bonchev–Trinajstić information content (AvgIpc) is 2.74. The van der Waals surface area contributed by atoms with Gasteiger partial charge in [0.25, 0.3) is 5.91 Å². The maximum Gasteiger partial charge on any atom is 0.255 e. The molecule has 0 aliphatic carbocycles. The Morgan fingerprint density at radius 3 is 2.39 bits per heavy atom. The van der Waals surface area contributed by atoms with E-state index in [0.717, 1.165) is 34.8 Å². The fourth-order valence-electron chi connectivity index (χ4n) is 3.31. The topological polar surface area (TPSA) is 49.3 Å². The number of aromatic nitrogens is 2. The Morgan fingerprint density at radius 1 is 0.964 bits per heavy atom. The summed E-state index contributed by atoms with van der Waals surface area (Å²) in [7, 11) is 0. The van der Waals surface area contributed by atoms with E-state index in [-0.39, 0.29) is 5.91 Å². The number of benzene rings is 2. The molecule has 1 fully saturated rings. The molecule has 3 aromatic rings. The van der Waals surface area contributed by atoms with E-state index in [1.54, 1.807) is 6.20 Å². The summed E-state index contributed by atoms with van der Waals surface area (Å²) in [5, 5.41) is 0. The Bertz CT molecular complexity index is 982. The standard InChI is InChI=1S/C22H21BrN4O/c1-16-6-8-17(9-7-16)21-24-11-10-20(25-21)26-12-14-27(15-13-26)22(28)18-4-2-3-5-19(18)23/h2-11H,12-15H2,1H3. The minimum atomic E-state index is 0.0650. The maximum absolute atomic E-state index is 12.8. The van der Waals surface area contributed by atoms with Crippen molar-refractivity contribution in [2.75, 3.05) is 31.1 Å². The Morgan fingerprint density at radius 2 is 1.68 bits per heavy atom. The normalized spacial score (nSPS) is 14.2. The molecule has 1 aromatic heterocycles. The summed E-state index contributed by atoms with van der Waals surface area (Å²) in [6.07, 6.45) is 1.80. The number of aryl methyl sites for hydroxylation is 1. The lowest BCUT2D eigenvalue weighted by Gasteiger charge is -2.35. The first-order valence-corrected chi connectivity index (χ1v) is 10.1. The largest absolute Gasteiger partial charge is 0.353 e. The molecule has 0 atom stereocenters. The highest BCUT2D eigenvalue weighted by Crippen LogP contribution is 2.22. The zero-order chi connectivity index (χ0) is 19.5. The molecule has 0 saturated carbocycles. The first-order valence-electron chi connectivity index (χ1n) is 9.30. The SMILES string of the molecule is Cc1ccc(-c2nccc(N3CCN(C(=O)c4ccccc4Br)CC3)n2)cc1. The van der Waals surface area contributed by atoms with Crippen LogP contribution in [0.1, 0.15) is 15.9 Å². The van der Waals surface area contributed by atoms with Crippen LogP contribution in [0.3, 0.4) is 0 Å². The third-order valence-corrected chi connectivity index (χ3v) is 5.64. The first kappa shape index (κ1) is 18.6.